The van der Waals surface area contributed by atoms with E-state index < -0.39 is 6.10 Å². The molecule has 1 heterocycles. The highest BCUT2D eigenvalue weighted by Gasteiger charge is 2.72. The number of rotatable bonds is 3. The number of carbonyl (C=O) groups excluding carboxylic acids is 1. The summed E-state index contributed by atoms with van der Waals surface area (Å²) in [5.41, 5.74) is 0.411. The third kappa shape index (κ3) is 1.94. The van der Waals surface area contributed by atoms with Gasteiger partial charge in [-0.15, -0.1) is 0 Å². The highest BCUT2D eigenvalue weighted by molar-refractivity contribution is 7.80. The number of carbonyl (C=O) groups is 1. The van der Waals surface area contributed by atoms with E-state index in [0.29, 0.717) is 11.1 Å². The maximum atomic E-state index is 13.1. The van der Waals surface area contributed by atoms with Crippen molar-refractivity contribution in [1.29, 1.82) is 0 Å². The second-order valence-corrected chi connectivity index (χ2v) is 8.20. The Morgan fingerprint density at radius 2 is 2.12 bits per heavy atom. The first kappa shape index (κ1) is 16.0. The third-order valence-electron chi connectivity index (χ3n) is 6.67. The fraction of sp³-hybridized carbons (Fsp3) is 0.579. The molecule has 3 fully saturated rings. The Hall–Kier alpha value is -1.46. The summed E-state index contributed by atoms with van der Waals surface area (Å²) in [7, 11) is 0. The first-order valence-corrected chi connectivity index (χ1v) is 9.05. The highest BCUT2D eigenvalue weighted by Crippen LogP contribution is 2.66. The standard InChI is InChI=1S/C19H23NO3S/c1-18(2)13-8-9-19(18)15(10-13)23-17(24)20(19)16(22)11-14(21)12-6-4-3-5-7-12/h3-7,13-15,21H,8-11H2,1-2H3/t13-,14-,15-,19-/m1/s1. The predicted octanol–water partition coefficient (Wildman–Crippen LogP) is 3.20. The minimum atomic E-state index is -0.821. The average molecular weight is 345 g/mol. The molecule has 0 radical (unpaired) electrons. The van der Waals surface area contributed by atoms with Gasteiger partial charge in [-0.05, 0) is 48.4 Å². The van der Waals surface area contributed by atoms with Crippen molar-refractivity contribution in [2.24, 2.45) is 11.3 Å². The summed E-state index contributed by atoms with van der Waals surface area (Å²) in [6.07, 6.45) is 2.24. The zero-order chi connectivity index (χ0) is 17.1. The Bertz CT molecular complexity index is 689. The highest BCUT2D eigenvalue weighted by atomic mass is 32.1. The van der Waals surface area contributed by atoms with Crippen LogP contribution >= 0.6 is 12.2 Å². The van der Waals surface area contributed by atoms with E-state index in [1.807, 2.05) is 30.3 Å². The third-order valence-corrected chi connectivity index (χ3v) is 6.95. The van der Waals surface area contributed by atoms with Crippen LogP contribution in [0.5, 0.6) is 0 Å². The Balaban J connectivity index is 1.61. The van der Waals surface area contributed by atoms with Gasteiger partial charge in [0.2, 0.25) is 5.91 Å². The second kappa shape index (κ2) is 5.27. The van der Waals surface area contributed by atoms with Crippen LogP contribution in [0.2, 0.25) is 0 Å². The Kier molecular flexibility index (Phi) is 3.52. The van der Waals surface area contributed by atoms with Gasteiger partial charge in [0.1, 0.15) is 6.10 Å². The maximum Gasteiger partial charge on any atom is 0.267 e. The summed E-state index contributed by atoms with van der Waals surface area (Å²) in [4.78, 5) is 14.8. The fourth-order valence-corrected chi connectivity index (χ4v) is 5.65. The molecule has 24 heavy (non-hydrogen) atoms. The molecule has 3 aliphatic rings. The molecule has 1 N–H and O–H groups in total. The van der Waals surface area contributed by atoms with E-state index in [0.717, 1.165) is 24.8 Å². The van der Waals surface area contributed by atoms with Crippen molar-refractivity contribution >= 4 is 23.3 Å². The Morgan fingerprint density at radius 3 is 2.79 bits per heavy atom. The molecule has 2 saturated carbocycles. The number of aliphatic hydroxyl groups excluding tert-OH is 1. The smallest absolute Gasteiger partial charge is 0.267 e. The number of ether oxygens (including phenoxy) is 1. The van der Waals surface area contributed by atoms with E-state index in [2.05, 4.69) is 13.8 Å². The number of thiocarbonyl (C=S) groups is 1. The van der Waals surface area contributed by atoms with Gasteiger partial charge in [0.15, 0.2) is 0 Å². The van der Waals surface area contributed by atoms with Crippen LogP contribution in [0, 0.1) is 11.3 Å². The molecule has 128 valence electrons. The lowest BCUT2D eigenvalue weighted by Crippen LogP contribution is -2.57. The van der Waals surface area contributed by atoms with Gasteiger partial charge in [-0.1, -0.05) is 44.2 Å². The second-order valence-electron chi connectivity index (χ2n) is 7.85. The molecule has 1 spiro atoms. The van der Waals surface area contributed by atoms with Gasteiger partial charge >= 0.3 is 0 Å². The van der Waals surface area contributed by atoms with Gasteiger partial charge in [0.05, 0.1) is 18.1 Å². The number of hydrogen-bond donors (Lipinski definition) is 1. The molecule has 2 bridgehead atoms. The molecule has 1 aromatic rings. The van der Waals surface area contributed by atoms with Crippen molar-refractivity contribution in [2.75, 3.05) is 0 Å². The van der Waals surface area contributed by atoms with Crippen LogP contribution in [0.25, 0.3) is 0 Å². The summed E-state index contributed by atoms with van der Waals surface area (Å²) in [6.45, 7) is 4.46. The number of hydrogen-bond acceptors (Lipinski definition) is 4. The van der Waals surface area contributed by atoms with E-state index in [9.17, 15) is 9.90 Å². The zero-order valence-electron chi connectivity index (χ0n) is 14.1. The molecular formula is C19H23NO3S. The SMILES string of the molecule is CC1(C)[C@@H]2CC[C@@]13[C@@H](C2)OC(=S)N3C(=O)C[C@@H](O)c1ccccc1. The molecule has 5 heteroatoms. The molecule has 4 nitrogen and oxygen atoms in total. The molecule has 1 aliphatic heterocycles. The van der Waals surface area contributed by atoms with E-state index >= 15 is 0 Å². The molecule has 4 atom stereocenters. The van der Waals surface area contributed by atoms with Gasteiger partial charge in [-0.25, -0.2) is 0 Å². The number of nitrogens with zero attached hydrogens (tertiary/aromatic N) is 1. The average Bonchev–Trinajstić information content (AvgIpc) is 3.07. The van der Waals surface area contributed by atoms with Gasteiger partial charge in [0.25, 0.3) is 5.17 Å². The van der Waals surface area contributed by atoms with Crippen LogP contribution < -0.4 is 0 Å². The normalized spacial score (nSPS) is 34.1. The Labute approximate surface area is 147 Å². The molecule has 1 aromatic carbocycles. The van der Waals surface area contributed by atoms with Crippen LogP contribution in [0.15, 0.2) is 30.3 Å². The molecule has 1 saturated heterocycles. The largest absolute Gasteiger partial charge is 0.465 e. The van der Waals surface area contributed by atoms with Crippen molar-refractivity contribution < 1.29 is 14.6 Å². The van der Waals surface area contributed by atoms with Crippen molar-refractivity contribution in [1.82, 2.24) is 4.90 Å². The minimum absolute atomic E-state index is 0.00835. The number of amides is 1. The summed E-state index contributed by atoms with van der Waals surface area (Å²) in [5.74, 6) is 0.439. The van der Waals surface area contributed by atoms with Crippen molar-refractivity contribution in [2.45, 2.75) is 57.3 Å². The lowest BCUT2D eigenvalue weighted by molar-refractivity contribution is -0.135. The van der Waals surface area contributed by atoms with Crippen LogP contribution in [-0.2, 0) is 9.53 Å². The number of aliphatic hydroxyl groups is 1. The lowest BCUT2D eigenvalue weighted by Gasteiger charge is -2.42. The molecule has 1 amide bonds. The zero-order valence-corrected chi connectivity index (χ0v) is 14.9. The summed E-state index contributed by atoms with van der Waals surface area (Å²) < 4.78 is 5.92. The predicted molar refractivity (Wildman–Crippen MR) is 94.2 cm³/mol. The summed E-state index contributed by atoms with van der Waals surface area (Å²) in [6, 6.07) is 9.29. The molecule has 2 aliphatic carbocycles. The van der Waals surface area contributed by atoms with Crippen molar-refractivity contribution in [3.05, 3.63) is 35.9 Å². The number of fused-ring (bicyclic) bond motifs is 1. The first-order chi connectivity index (χ1) is 11.4. The van der Waals surface area contributed by atoms with E-state index in [4.69, 9.17) is 17.0 Å². The fourth-order valence-electron chi connectivity index (χ4n) is 5.27. The van der Waals surface area contributed by atoms with E-state index in [1.54, 1.807) is 4.90 Å². The van der Waals surface area contributed by atoms with Gasteiger partial charge < -0.3 is 9.84 Å². The van der Waals surface area contributed by atoms with Crippen LogP contribution in [0.4, 0.5) is 0 Å². The van der Waals surface area contributed by atoms with Gasteiger partial charge in [0, 0.05) is 0 Å². The summed E-state index contributed by atoms with van der Waals surface area (Å²) >= 11 is 5.40. The molecule has 0 aromatic heterocycles. The van der Waals surface area contributed by atoms with Crippen LogP contribution in [0.3, 0.4) is 0 Å². The molecular weight excluding hydrogens is 322 g/mol. The molecule has 4 rings (SSSR count). The summed E-state index contributed by atoms with van der Waals surface area (Å²) in [5, 5.41) is 10.7. The van der Waals surface area contributed by atoms with Crippen LogP contribution in [-0.4, -0.2) is 32.7 Å². The monoisotopic (exact) mass is 345 g/mol. The van der Waals surface area contributed by atoms with Crippen molar-refractivity contribution in [3.8, 4) is 0 Å². The van der Waals surface area contributed by atoms with Gasteiger partial charge in [-0.2, -0.15) is 0 Å². The topological polar surface area (TPSA) is 49.8 Å². The van der Waals surface area contributed by atoms with E-state index in [1.165, 1.54) is 0 Å². The van der Waals surface area contributed by atoms with Gasteiger partial charge in [-0.3, -0.25) is 9.69 Å². The Morgan fingerprint density at radius 1 is 1.42 bits per heavy atom. The van der Waals surface area contributed by atoms with E-state index in [-0.39, 0.29) is 29.4 Å². The quantitative estimate of drug-likeness (QED) is 0.855. The number of benzene rings is 1. The maximum absolute atomic E-state index is 13.1. The molecule has 0 unspecified atom stereocenters. The lowest BCUT2D eigenvalue weighted by atomic mass is 9.74. The van der Waals surface area contributed by atoms with Crippen LogP contribution in [0.1, 0.15) is 51.2 Å². The van der Waals surface area contributed by atoms with Crippen molar-refractivity contribution in [3.63, 3.8) is 0 Å². The first-order valence-electron chi connectivity index (χ1n) is 8.64. The minimum Gasteiger partial charge on any atom is -0.465 e.